The number of anilines is 1. The zero-order valence-electron chi connectivity index (χ0n) is 15.5. The fourth-order valence-corrected chi connectivity index (χ4v) is 3.85. The second-order valence-electron chi connectivity index (χ2n) is 7.30. The van der Waals surface area contributed by atoms with Crippen LogP contribution in [0.3, 0.4) is 0 Å². The van der Waals surface area contributed by atoms with Gasteiger partial charge in [-0.25, -0.2) is 9.66 Å². The average molecular weight is 329 g/mol. The predicted molar refractivity (Wildman–Crippen MR) is 104 cm³/mol. The van der Waals surface area contributed by atoms with Crippen LogP contribution >= 0.6 is 0 Å². The van der Waals surface area contributed by atoms with Crippen molar-refractivity contribution in [2.45, 2.75) is 64.2 Å². The van der Waals surface area contributed by atoms with Crippen molar-refractivity contribution in [3.63, 3.8) is 0 Å². The standard InChI is InChI=1S/C20H32N4/c1-4-5-9-14-21-17-12-13-19-18(15-17)22-20(24(19)23(2)3)16-10-7-6-8-11-16/h12-13,15-16,21H,4-11,14H2,1-3H3. The Morgan fingerprint density at radius 2 is 1.96 bits per heavy atom. The molecule has 4 nitrogen and oxygen atoms in total. The summed E-state index contributed by atoms with van der Waals surface area (Å²) in [5.41, 5.74) is 3.53. The van der Waals surface area contributed by atoms with E-state index in [1.807, 2.05) is 0 Å². The number of fused-ring (bicyclic) bond motifs is 1. The number of unbranched alkanes of at least 4 members (excludes halogenated alkanes) is 2. The van der Waals surface area contributed by atoms with Crippen LogP contribution in [0.4, 0.5) is 5.69 Å². The summed E-state index contributed by atoms with van der Waals surface area (Å²) in [5, 5.41) is 5.72. The zero-order valence-corrected chi connectivity index (χ0v) is 15.5. The number of hydrogen-bond donors (Lipinski definition) is 1. The number of hydrogen-bond acceptors (Lipinski definition) is 3. The largest absolute Gasteiger partial charge is 0.385 e. The second kappa shape index (κ2) is 7.91. The quantitative estimate of drug-likeness (QED) is 0.735. The van der Waals surface area contributed by atoms with Crippen LogP contribution in [-0.4, -0.2) is 30.3 Å². The molecule has 1 aliphatic carbocycles. The molecule has 1 aromatic carbocycles. The molecule has 0 radical (unpaired) electrons. The molecule has 0 amide bonds. The molecule has 132 valence electrons. The normalized spacial score (nSPS) is 15.8. The van der Waals surface area contributed by atoms with Crippen molar-refractivity contribution < 1.29 is 0 Å². The predicted octanol–water partition coefficient (Wildman–Crippen LogP) is 4.88. The van der Waals surface area contributed by atoms with Gasteiger partial charge in [0.15, 0.2) is 0 Å². The van der Waals surface area contributed by atoms with E-state index in [-0.39, 0.29) is 0 Å². The Morgan fingerprint density at radius 3 is 2.67 bits per heavy atom. The lowest BCUT2D eigenvalue weighted by Gasteiger charge is -2.25. The van der Waals surface area contributed by atoms with Gasteiger partial charge in [0, 0.05) is 32.2 Å². The first-order valence-corrected chi connectivity index (χ1v) is 9.64. The second-order valence-corrected chi connectivity index (χ2v) is 7.30. The van der Waals surface area contributed by atoms with E-state index in [1.54, 1.807) is 0 Å². The van der Waals surface area contributed by atoms with Gasteiger partial charge >= 0.3 is 0 Å². The minimum Gasteiger partial charge on any atom is -0.385 e. The molecule has 0 unspecified atom stereocenters. The van der Waals surface area contributed by atoms with E-state index in [0.717, 1.165) is 12.1 Å². The van der Waals surface area contributed by atoms with E-state index in [0.29, 0.717) is 5.92 Å². The SMILES string of the molecule is CCCCCNc1ccc2c(c1)nc(C1CCCCC1)n2N(C)C. The van der Waals surface area contributed by atoms with Crippen LogP contribution in [-0.2, 0) is 0 Å². The van der Waals surface area contributed by atoms with Gasteiger partial charge in [-0.1, -0.05) is 39.0 Å². The molecule has 1 fully saturated rings. The molecule has 0 spiro atoms. The Morgan fingerprint density at radius 1 is 1.17 bits per heavy atom. The van der Waals surface area contributed by atoms with E-state index >= 15 is 0 Å². The molecule has 2 aromatic rings. The van der Waals surface area contributed by atoms with Crippen LogP contribution in [0.15, 0.2) is 18.2 Å². The van der Waals surface area contributed by atoms with E-state index < -0.39 is 0 Å². The Balaban J connectivity index is 1.86. The van der Waals surface area contributed by atoms with Gasteiger partial charge in [-0.05, 0) is 37.5 Å². The Bertz CT molecular complexity index is 653. The van der Waals surface area contributed by atoms with Crippen LogP contribution in [0.2, 0.25) is 0 Å². The Labute approximate surface area is 146 Å². The van der Waals surface area contributed by atoms with E-state index in [1.165, 1.54) is 68.4 Å². The van der Waals surface area contributed by atoms with Crippen molar-refractivity contribution >= 4 is 16.7 Å². The van der Waals surface area contributed by atoms with Gasteiger partial charge in [0.25, 0.3) is 0 Å². The van der Waals surface area contributed by atoms with Crippen LogP contribution in [0, 0.1) is 0 Å². The van der Waals surface area contributed by atoms with Crippen LogP contribution < -0.4 is 10.3 Å². The minimum atomic E-state index is 0.606. The number of rotatable bonds is 7. The molecule has 1 N–H and O–H groups in total. The maximum Gasteiger partial charge on any atom is 0.132 e. The highest BCUT2D eigenvalue weighted by atomic mass is 15.5. The number of aromatic nitrogens is 2. The monoisotopic (exact) mass is 328 g/mol. The summed E-state index contributed by atoms with van der Waals surface area (Å²) in [6.45, 7) is 3.29. The summed E-state index contributed by atoms with van der Waals surface area (Å²) < 4.78 is 2.31. The molecule has 24 heavy (non-hydrogen) atoms. The first kappa shape index (κ1) is 17.1. The van der Waals surface area contributed by atoms with E-state index in [2.05, 4.69) is 54.2 Å². The Hall–Kier alpha value is -1.71. The number of imidazole rings is 1. The van der Waals surface area contributed by atoms with E-state index in [9.17, 15) is 0 Å². The summed E-state index contributed by atoms with van der Waals surface area (Å²) in [6, 6.07) is 6.63. The highest BCUT2D eigenvalue weighted by molar-refractivity contribution is 5.80. The molecular weight excluding hydrogens is 296 g/mol. The molecule has 0 bridgehead atoms. The number of benzene rings is 1. The zero-order chi connectivity index (χ0) is 16.9. The van der Waals surface area contributed by atoms with Gasteiger partial charge in [-0.2, -0.15) is 0 Å². The van der Waals surface area contributed by atoms with Crippen molar-refractivity contribution in [1.29, 1.82) is 0 Å². The summed E-state index contributed by atoms with van der Waals surface area (Å²) >= 11 is 0. The summed E-state index contributed by atoms with van der Waals surface area (Å²) in [5.74, 6) is 1.85. The molecule has 1 aliphatic rings. The number of nitrogens with one attached hydrogen (secondary N) is 1. The summed E-state index contributed by atoms with van der Waals surface area (Å²) in [4.78, 5) is 5.04. The third-order valence-electron chi connectivity index (χ3n) is 5.14. The van der Waals surface area contributed by atoms with Crippen molar-refractivity contribution in [3.05, 3.63) is 24.0 Å². The molecule has 0 aliphatic heterocycles. The Kier molecular flexibility index (Phi) is 5.64. The first-order chi connectivity index (χ1) is 11.7. The third kappa shape index (κ3) is 3.68. The van der Waals surface area contributed by atoms with Crippen molar-refractivity contribution in [2.75, 3.05) is 31.0 Å². The van der Waals surface area contributed by atoms with Crippen LogP contribution in [0.5, 0.6) is 0 Å². The molecule has 1 saturated carbocycles. The molecule has 3 rings (SSSR count). The highest BCUT2D eigenvalue weighted by Gasteiger charge is 2.23. The van der Waals surface area contributed by atoms with Gasteiger partial charge in [0.1, 0.15) is 5.82 Å². The molecule has 1 aromatic heterocycles. The maximum atomic E-state index is 5.04. The number of nitrogens with zero attached hydrogens (tertiary/aromatic N) is 3. The molecule has 0 atom stereocenters. The van der Waals surface area contributed by atoms with Crippen LogP contribution in [0.25, 0.3) is 11.0 Å². The van der Waals surface area contributed by atoms with Gasteiger partial charge < -0.3 is 10.3 Å². The molecule has 0 saturated heterocycles. The van der Waals surface area contributed by atoms with Gasteiger partial charge in [0.05, 0.1) is 11.0 Å². The van der Waals surface area contributed by atoms with Gasteiger partial charge in [-0.15, -0.1) is 0 Å². The lowest BCUT2D eigenvalue weighted by atomic mass is 9.89. The smallest absolute Gasteiger partial charge is 0.132 e. The minimum absolute atomic E-state index is 0.606. The summed E-state index contributed by atoms with van der Waals surface area (Å²) in [7, 11) is 4.23. The van der Waals surface area contributed by atoms with Gasteiger partial charge in [0.2, 0.25) is 0 Å². The summed E-state index contributed by atoms with van der Waals surface area (Å²) in [6.07, 6.45) is 10.4. The molecular formula is C20H32N4. The molecule has 4 heteroatoms. The highest BCUT2D eigenvalue weighted by Crippen LogP contribution is 2.34. The fourth-order valence-electron chi connectivity index (χ4n) is 3.85. The lowest BCUT2D eigenvalue weighted by Crippen LogP contribution is -2.28. The van der Waals surface area contributed by atoms with E-state index in [4.69, 9.17) is 4.98 Å². The lowest BCUT2D eigenvalue weighted by molar-refractivity contribution is 0.418. The van der Waals surface area contributed by atoms with Crippen molar-refractivity contribution in [2.24, 2.45) is 0 Å². The third-order valence-corrected chi connectivity index (χ3v) is 5.14. The van der Waals surface area contributed by atoms with Crippen molar-refractivity contribution in [3.8, 4) is 0 Å². The van der Waals surface area contributed by atoms with Crippen LogP contribution in [0.1, 0.15) is 70.0 Å². The topological polar surface area (TPSA) is 33.1 Å². The first-order valence-electron chi connectivity index (χ1n) is 9.64. The molecule has 1 heterocycles. The van der Waals surface area contributed by atoms with Crippen molar-refractivity contribution in [1.82, 2.24) is 9.66 Å². The average Bonchev–Trinajstić information content (AvgIpc) is 2.98. The van der Waals surface area contributed by atoms with Gasteiger partial charge in [-0.3, -0.25) is 0 Å². The maximum absolute atomic E-state index is 5.04. The fraction of sp³-hybridized carbons (Fsp3) is 0.650.